The SMILES string of the molecule is COc1ccc(C(C)NC(=O)c2c(C)cc(=O)oc2C)cc1F. The van der Waals surface area contributed by atoms with Crippen molar-refractivity contribution in [3.8, 4) is 5.75 Å². The molecule has 0 aliphatic rings. The van der Waals surface area contributed by atoms with Gasteiger partial charge in [-0.15, -0.1) is 0 Å². The second-order valence-electron chi connectivity index (χ2n) is 5.27. The summed E-state index contributed by atoms with van der Waals surface area (Å²) in [5, 5.41) is 2.77. The van der Waals surface area contributed by atoms with Gasteiger partial charge in [-0.3, -0.25) is 4.79 Å². The van der Waals surface area contributed by atoms with Gasteiger partial charge in [-0.1, -0.05) is 6.07 Å². The molecule has 1 N–H and O–H groups in total. The lowest BCUT2D eigenvalue weighted by atomic mass is 10.1. The molecule has 1 aromatic carbocycles. The molecule has 1 aromatic heterocycles. The molecular formula is C17H18FNO4. The molecule has 5 nitrogen and oxygen atoms in total. The minimum absolute atomic E-state index is 0.142. The Morgan fingerprint density at radius 2 is 2.00 bits per heavy atom. The zero-order chi connectivity index (χ0) is 17.1. The number of halogens is 1. The molecule has 0 radical (unpaired) electrons. The summed E-state index contributed by atoms with van der Waals surface area (Å²) in [6, 6.07) is 5.34. The number of hydrogen-bond acceptors (Lipinski definition) is 4. The highest BCUT2D eigenvalue weighted by Crippen LogP contribution is 2.22. The Labute approximate surface area is 133 Å². The Kier molecular flexibility index (Phi) is 4.83. The summed E-state index contributed by atoms with van der Waals surface area (Å²) in [6.07, 6.45) is 0. The van der Waals surface area contributed by atoms with Gasteiger partial charge in [0.1, 0.15) is 5.76 Å². The number of nitrogens with one attached hydrogen (secondary N) is 1. The molecule has 0 aliphatic carbocycles. The molecule has 6 heteroatoms. The van der Waals surface area contributed by atoms with E-state index in [2.05, 4.69) is 5.32 Å². The largest absolute Gasteiger partial charge is 0.494 e. The summed E-state index contributed by atoms with van der Waals surface area (Å²) in [4.78, 5) is 23.7. The van der Waals surface area contributed by atoms with Crippen molar-refractivity contribution in [2.24, 2.45) is 0 Å². The quantitative estimate of drug-likeness (QED) is 0.941. The lowest BCUT2D eigenvalue weighted by Gasteiger charge is -2.16. The van der Waals surface area contributed by atoms with E-state index in [1.165, 1.54) is 25.3 Å². The third-order valence-corrected chi connectivity index (χ3v) is 3.58. The van der Waals surface area contributed by atoms with Gasteiger partial charge in [0.05, 0.1) is 18.7 Å². The molecule has 1 heterocycles. The first-order chi connectivity index (χ1) is 10.8. The zero-order valence-corrected chi connectivity index (χ0v) is 13.4. The normalized spacial score (nSPS) is 11.9. The fraction of sp³-hybridized carbons (Fsp3) is 0.294. The Bertz CT molecular complexity index is 771. The van der Waals surface area contributed by atoms with Crippen LogP contribution < -0.4 is 15.7 Å². The maximum Gasteiger partial charge on any atom is 0.336 e. The minimum atomic E-state index is -0.498. The van der Waals surface area contributed by atoms with Gasteiger partial charge in [-0.25, -0.2) is 9.18 Å². The van der Waals surface area contributed by atoms with Crippen LogP contribution in [0.5, 0.6) is 5.75 Å². The Balaban J connectivity index is 2.23. The van der Waals surface area contributed by atoms with Crippen molar-refractivity contribution >= 4 is 5.91 Å². The maximum atomic E-state index is 13.8. The van der Waals surface area contributed by atoms with E-state index in [0.29, 0.717) is 16.7 Å². The van der Waals surface area contributed by atoms with Crippen LogP contribution in [-0.4, -0.2) is 13.0 Å². The molecule has 1 atom stereocenters. The van der Waals surface area contributed by atoms with Crippen LogP contribution in [-0.2, 0) is 0 Å². The lowest BCUT2D eigenvalue weighted by Crippen LogP contribution is -2.28. The average molecular weight is 319 g/mol. The van der Waals surface area contributed by atoms with E-state index < -0.39 is 17.5 Å². The Morgan fingerprint density at radius 1 is 1.30 bits per heavy atom. The predicted octanol–water partition coefficient (Wildman–Crippen LogP) is 2.90. The monoisotopic (exact) mass is 319 g/mol. The van der Waals surface area contributed by atoms with Crippen LogP contribution in [0.4, 0.5) is 4.39 Å². The van der Waals surface area contributed by atoms with Gasteiger partial charge in [0.25, 0.3) is 5.91 Å². The molecule has 1 amide bonds. The number of aryl methyl sites for hydroxylation is 2. The summed E-state index contributed by atoms with van der Waals surface area (Å²) in [6.45, 7) is 4.96. The van der Waals surface area contributed by atoms with Crippen LogP contribution >= 0.6 is 0 Å². The van der Waals surface area contributed by atoms with Crippen LogP contribution in [0.2, 0.25) is 0 Å². The summed E-state index contributed by atoms with van der Waals surface area (Å²) in [5.41, 5.74) is 0.945. The number of rotatable bonds is 4. The summed E-state index contributed by atoms with van der Waals surface area (Å²) < 4.78 is 23.6. The second-order valence-corrected chi connectivity index (χ2v) is 5.27. The van der Waals surface area contributed by atoms with E-state index in [1.54, 1.807) is 26.8 Å². The van der Waals surface area contributed by atoms with Crippen LogP contribution in [0.25, 0.3) is 0 Å². The first-order valence-electron chi connectivity index (χ1n) is 7.09. The number of carbonyl (C=O) groups is 1. The summed E-state index contributed by atoms with van der Waals surface area (Å²) in [5.74, 6) is -0.485. The van der Waals surface area contributed by atoms with E-state index in [9.17, 15) is 14.0 Å². The number of hydrogen-bond donors (Lipinski definition) is 1. The van der Waals surface area contributed by atoms with E-state index in [0.717, 1.165) is 0 Å². The highest BCUT2D eigenvalue weighted by Gasteiger charge is 2.18. The summed E-state index contributed by atoms with van der Waals surface area (Å²) >= 11 is 0. The average Bonchev–Trinajstić information content (AvgIpc) is 2.45. The van der Waals surface area contributed by atoms with Gasteiger partial charge in [0, 0.05) is 6.07 Å². The zero-order valence-electron chi connectivity index (χ0n) is 13.4. The maximum absolute atomic E-state index is 13.8. The molecule has 0 spiro atoms. The van der Waals surface area contributed by atoms with Gasteiger partial charge in [0.15, 0.2) is 11.6 Å². The molecule has 122 valence electrons. The van der Waals surface area contributed by atoms with Crippen molar-refractivity contribution in [3.05, 3.63) is 63.0 Å². The highest BCUT2D eigenvalue weighted by atomic mass is 19.1. The summed E-state index contributed by atoms with van der Waals surface area (Å²) in [7, 11) is 1.39. The number of ether oxygens (including phenoxy) is 1. The van der Waals surface area contributed by atoms with Crippen molar-refractivity contribution in [3.63, 3.8) is 0 Å². The number of carbonyl (C=O) groups excluding carboxylic acids is 1. The van der Waals surface area contributed by atoms with E-state index in [-0.39, 0.29) is 17.4 Å². The van der Waals surface area contributed by atoms with Gasteiger partial charge in [-0.05, 0) is 44.0 Å². The molecule has 23 heavy (non-hydrogen) atoms. The second kappa shape index (κ2) is 6.64. The van der Waals surface area contributed by atoms with Crippen LogP contribution in [0.15, 0.2) is 33.5 Å². The lowest BCUT2D eigenvalue weighted by molar-refractivity contribution is 0.0935. The first kappa shape index (κ1) is 16.7. The molecule has 0 fully saturated rings. The fourth-order valence-corrected chi connectivity index (χ4v) is 2.40. The number of methoxy groups -OCH3 is 1. The van der Waals surface area contributed by atoms with Crippen molar-refractivity contribution in [2.75, 3.05) is 7.11 Å². The highest BCUT2D eigenvalue weighted by molar-refractivity contribution is 5.96. The van der Waals surface area contributed by atoms with Gasteiger partial charge in [-0.2, -0.15) is 0 Å². The first-order valence-corrected chi connectivity index (χ1v) is 7.09. The fourth-order valence-electron chi connectivity index (χ4n) is 2.40. The van der Waals surface area contributed by atoms with Crippen molar-refractivity contribution in [2.45, 2.75) is 26.8 Å². The molecular weight excluding hydrogens is 301 g/mol. The molecule has 0 bridgehead atoms. The van der Waals surface area contributed by atoms with Gasteiger partial charge >= 0.3 is 5.63 Å². The smallest absolute Gasteiger partial charge is 0.336 e. The van der Waals surface area contributed by atoms with E-state index in [1.807, 2.05) is 0 Å². The van der Waals surface area contributed by atoms with Crippen molar-refractivity contribution < 1.29 is 18.3 Å². The molecule has 2 rings (SSSR count). The molecule has 1 unspecified atom stereocenters. The van der Waals surface area contributed by atoms with Gasteiger partial charge in [0.2, 0.25) is 0 Å². The van der Waals surface area contributed by atoms with Crippen molar-refractivity contribution in [1.82, 2.24) is 5.32 Å². The van der Waals surface area contributed by atoms with E-state index >= 15 is 0 Å². The topological polar surface area (TPSA) is 68.5 Å². The third kappa shape index (κ3) is 3.59. The Morgan fingerprint density at radius 3 is 2.57 bits per heavy atom. The predicted molar refractivity (Wildman–Crippen MR) is 83.3 cm³/mol. The number of amides is 1. The minimum Gasteiger partial charge on any atom is -0.494 e. The standard InChI is InChI=1S/C17H18FNO4/c1-9-7-15(20)23-11(3)16(9)17(21)19-10(2)12-5-6-14(22-4)13(18)8-12/h5-8,10H,1-4H3,(H,19,21). The van der Waals surface area contributed by atoms with E-state index in [4.69, 9.17) is 9.15 Å². The third-order valence-electron chi connectivity index (χ3n) is 3.58. The molecule has 2 aromatic rings. The number of benzene rings is 1. The van der Waals surface area contributed by atoms with Crippen LogP contribution in [0.3, 0.4) is 0 Å². The molecule has 0 aliphatic heterocycles. The van der Waals surface area contributed by atoms with Crippen LogP contribution in [0, 0.1) is 19.7 Å². The van der Waals surface area contributed by atoms with Crippen LogP contribution in [0.1, 0.15) is 40.2 Å². The molecule has 0 saturated heterocycles. The molecule has 0 saturated carbocycles. The Hall–Kier alpha value is -2.63. The van der Waals surface area contributed by atoms with Gasteiger partial charge < -0.3 is 14.5 Å². The van der Waals surface area contributed by atoms with Crippen molar-refractivity contribution in [1.29, 1.82) is 0 Å².